The SMILES string of the molecule is CCNC(CCN1CCC(C)(C)C1)c1ccc(F)cc1. The average Bonchev–Trinajstić information content (AvgIpc) is 2.75. The highest BCUT2D eigenvalue weighted by molar-refractivity contribution is 5.20. The van der Waals surface area contributed by atoms with Gasteiger partial charge in [0.15, 0.2) is 0 Å². The van der Waals surface area contributed by atoms with Crippen LogP contribution in [0.25, 0.3) is 0 Å². The highest BCUT2D eigenvalue weighted by Gasteiger charge is 2.29. The average molecular weight is 278 g/mol. The number of hydrogen-bond acceptors (Lipinski definition) is 2. The van der Waals surface area contributed by atoms with E-state index in [1.807, 2.05) is 12.1 Å². The second-order valence-corrected chi connectivity index (χ2v) is 6.64. The minimum atomic E-state index is -0.162. The van der Waals surface area contributed by atoms with Crippen LogP contribution in [-0.4, -0.2) is 31.1 Å². The van der Waals surface area contributed by atoms with Gasteiger partial charge in [0.1, 0.15) is 5.82 Å². The zero-order chi connectivity index (χ0) is 14.6. The summed E-state index contributed by atoms with van der Waals surface area (Å²) in [7, 11) is 0. The fourth-order valence-electron chi connectivity index (χ4n) is 3.05. The standard InChI is InChI=1S/C17H27FN2/c1-4-19-16(14-5-7-15(18)8-6-14)9-11-20-12-10-17(2,3)13-20/h5-8,16,19H,4,9-13H2,1-3H3. The number of rotatable bonds is 6. The van der Waals surface area contributed by atoms with E-state index in [0.717, 1.165) is 19.5 Å². The van der Waals surface area contributed by atoms with Crippen LogP contribution in [0.1, 0.15) is 45.2 Å². The Morgan fingerprint density at radius 3 is 2.55 bits per heavy atom. The Hall–Kier alpha value is -0.930. The van der Waals surface area contributed by atoms with Gasteiger partial charge in [-0.2, -0.15) is 0 Å². The van der Waals surface area contributed by atoms with Gasteiger partial charge in [-0.25, -0.2) is 4.39 Å². The summed E-state index contributed by atoms with van der Waals surface area (Å²) in [6, 6.07) is 7.23. The molecule has 2 nitrogen and oxygen atoms in total. The molecule has 1 fully saturated rings. The van der Waals surface area contributed by atoms with E-state index in [1.54, 1.807) is 12.1 Å². The third-order valence-electron chi connectivity index (χ3n) is 4.21. The number of nitrogens with zero attached hydrogens (tertiary/aromatic N) is 1. The van der Waals surface area contributed by atoms with E-state index in [4.69, 9.17) is 0 Å². The van der Waals surface area contributed by atoms with Crippen LogP contribution in [-0.2, 0) is 0 Å². The predicted molar refractivity (Wildman–Crippen MR) is 82.3 cm³/mol. The summed E-state index contributed by atoms with van der Waals surface area (Å²) >= 11 is 0. The quantitative estimate of drug-likeness (QED) is 0.855. The monoisotopic (exact) mass is 278 g/mol. The van der Waals surface area contributed by atoms with Crippen molar-refractivity contribution in [2.24, 2.45) is 5.41 Å². The van der Waals surface area contributed by atoms with Crippen LogP contribution in [0.15, 0.2) is 24.3 Å². The van der Waals surface area contributed by atoms with Crippen molar-refractivity contribution in [1.82, 2.24) is 10.2 Å². The van der Waals surface area contributed by atoms with Crippen molar-refractivity contribution in [2.45, 2.75) is 39.7 Å². The van der Waals surface area contributed by atoms with E-state index >= 15 is 0 Å². The van der Waals surface area contributed by atoms with Crippen molar-refractivity contribution >= 4 is 0 Å². The number of nitrogens with one attached hydrogen (secondary N) is 1. The maximum Gasteiger partial charge on any atom is 0.123 e. The first-order chi connectivity index (χ1) is 9.50. The molecule has 1 aromatic rings. The summed E-state index contributed by atoms with van der Waals surface area (Å²) in [5.41, 5.74) is 1.65. The zero-order valence-corrected chi connectivity index (χ0v) is 13.0. The van der Waals surface area contributed by atoms with Crippen LogP contribution in [0.2, 0.25) is 0 Å². The molecule has 1 aromatic carbocycles. The molecule has 0 aliphatic carbocycles. The van der Waals surface area contributed by atoms with E-state index in [2.05, 4.69) is 31.0 Å². The summed E-state index contributed by atoms with van der Waals surface area (Å²) in [6.07, 6.45) is 2.37. The topological polar surface area (TPSA) is 15.3 Å². The van der Waals surface area contributed by atoms with Crippen molar-refractivity contribution < 1.29 is 4.39 Å². The van der Waals surface area contributed by atoms with E-state index in [1.165, 1.54) is 25.1 Å². The first-order valence-electron chi connectivity index (χ1n) is 7.71. The Balaban J connectivity index is 1.91. The van der Waals surface area contributed by atoms with Gasteiger partial charge in [0.25, 0.3) is 0 Å². The molecule has 1 saturated heterocycles. The van der Waals surface area contributed by atoms with Crippen molar-refractivity contribution in [3.8, 4) is 0 Å². The summed E-state index contributed by atoms with van der Waals surface area (Å²) in [4.78, 5) is 2.55. The van der Waals surface area contributed by atoms with Gasteiger partial charge < -0.3 is 10.2 Å². The Morgan fingerprint density at radius 1 is 1.30 bits per heavy atom. The number of hydrogen-bond donors (Lipinski definition) is 1. The van der Waals surface area contributed by atoms with Crippen molar-refractivity contribution in [3.63, 3.8) is 0 Å². The fourth-order valence-corrected chi connectivity index (χ4v) is 3.05. The molecule has 20 heavy (non-hydrogen) atoms. The molecule has 1 aliphatic heterocycles. The molecular formula is C17H27FN2. The number of halogens is 1. The van der Waals surface area contributed by atoms with Crippen molar-refractivity contribution in [2.75, 3.05) is 26.2 Å². The molecule has 1 atom stereocenters. The molecule has 0 spiro atoms. The molecule has 0 bridgehead atoms. The van der Waals surface area contributed by atoms with Crippen LogP contribution >= 0.6 is 0 Å². The van der Waals surface area contributed by atoms with Gasteiger partial charge >= 0.3 is 0 Å². The normalized spacial score (nSPS) is 20.2. The van der Waals surface area contributed by atoms with Crippen LogP contribution in [0.4, 0.5) is 4.39 Å². The Labute approximate surface area is 122 Å². The van der Waals surface area contributed by atoms with Crippen molar-refractivity contribution in [3.05, 3.63) is 35.6 Å². The van der Waals surface area contributed by atoms with Gasteiger partial charge in [0, 0.05) is 12.6 Å². The van der Waals surface area contributed by atoms with Gasteiger partial charge in [0.05, 0.1) is 0 Å². The maximum atomic E-state index is 13.0. The Kier molecular flexibility index (Phi) is 5.17. The molecule has 0 amide bonds. The largest absolute Gasteiger partial charge is 0.310 e. The molecule has 0 radical (unpaired) electrons. The summed E-state index contributed by atoms with van der Waals surface area (Å²) < 4.78 is 13.0. The lowest BCUT2D eigenvalue weighted by atomic mass is 9.93. The van der Waals surface area contributed by atoms with Gasteiger partial charge in [-0.3, -0.25) is 0 Å². The molecule has 0 saturated carbocycles. The van der Waals surface area contributed by atoms with Gasteiger partial charge in [-0.15, -0.1) is 0 Å². The molecule has 1 heterocycles. The third kappa shape index (κ3) is 4.29. The number of likely N-dealkylation sites (tertiary alicyclic amines) is 1. The summed E-state index contributed by atoms with van der Waals surface area (Å²) in [6.45, 7) is 11.2. The first-order valence-corrected chi connectivity index (χ1v) is 7.71. The highest BCUT2D eigenvalue weighted by atomic mass is 19.1. The second-order valence-electron chi connectivity index (χ2n) is 6.64. The van der Waals surface area contributed by atoms with Crippen LogP contribution in [0.5, 0.6) is 0 Å². The second kappa shape index (κ2) is 6.68. The van der Waals surface area contributed by atoms with Crippen LogP contribution < -0.4 is 5.32 Å². The first kappa shape index (κ1) is 15.5. The minimum Gasteiger partial charge on any atom is -0.310 e. The molecule has 1 N–H and O–H groups in total. The lowest BCUT2D eigenvalue weighted by Crippen LogP contribution is -2.29. The van der Waals surface area contributed by atoms with Gasteiger partial charge in [-0.05, 0) is 55.6 Å². The zero-order valence-electron chi connectivity index (χ0n) is 13.0. The third-order valence-corrected chi connectivity index (χ3v) is 4.21. The maximum absolute atomic E-state index is 13.0. The number of benzene rings is 1. The van der Waals surface area contributed by atoms with E-state index in [9.17, 15) is 4.39 Å². The summed E-state index contributed by atoms with van der Waals surface area (Å²) in [5, 5.41) is 3.51. The molecule has 0 aromatic heterocycles. The molecule has 112 valence electrons. The van der Waals surface area contributed by atoms with E-state index in [-0.39, 0.29) is 5.82 Å². The lowest BCUT2D eigenvalue weighted by Gasteiger charge is -2.23. The summed E-state index contributed by atoms with van der Waals surface area (Å²) in [5.74, 6) is -0.162. The molecular weight excluding hydrogens is 251 g/mol. The minimum absolute atomic E-state index is 0.162. The highest BCUT2D eigenvalue weighted by Crippen LogP contribution is 2.29. The van der Waals surface area contributed by atoms with Crippen LogP contribution in [0, 0.1) is 11.2 Å². The van der Waals surface area contributed by atoms with Crippen molar-refractivity contribution in [1.29, 1.82) is 0 Å². The molecule has 1 aliphatic rings. The predicted octanol–water partition coefficient (Wildman–Crippen LogP) is 3.60. The molecule has 2 rings (SSSR count). The Morgan fingerprint density at radius 2 is 2.00 bits per heavy atom. The van der Waals surface area contributed by atoms with Gasteiger partial charge in [0.2, 0.25) is 0 Å². The smallest absolute Gasteiger partial charge is 0.123 e. The van der Waals surface area contributed by atoms with Gasteiger partial charge in [-0.1, -0.05) is 32.9 Å². The lowest BCUT2D eigenvalue weighted by molar-refractivity contribution is 0.274. The molecule has 1 unspecified atom stereocenters. The van der Waals surface area contributed by atoms with E-state index < -0.39 is 0 Å². The van der Waals surface area contributed by atoms with E-state index in [0.29, 0.717) is 11.5 Å². The fraction of sp³-hybridized carbons (Fsp3) is 0.647. The molecule has 3 heteroatoms. The van der Waals surface area contributed by atoms with Crippen LogP contribution in [0.3, 0.4) is 0 Å². The Bertz CT molecular complexity index is 414.